The molecule has 3 rings (SSSR count). The third-order valence-electron chi connectivity index (χ3n) is 5.11. The zero-order valence-electron chi connectivity index (χ0n) is 14.3. The maximum absolute atomic E-state index is 12.6. The van der Waals surface area contributed by atoms with Crippen molar-refractivity contribution in [3.05, 3.63) is 21.9 Å². The largest absolute Gasteiger partial charge is 0.451 e. The zero-order chi connectivity index (χ0) is 16.8. The summed E-state index contributed by atoms with van der Waals surface area (Å²) in [5.74, 6) is -0.446. The van der Waals surface area contributed by atoms with Crippen LogP contribution in [0.15, 0.2) is 11.4 Å². The molecule has 0 aromatic carbocycles. The summed E-state index contributed by atoms with van der Waals surface area (Å²) in [6.07, 6.45) is 3.25. The van der Waals surface area contributed by atoms with Gasteiger partial charge in [-0.3, -0.25) is 4.79 Å². The Balaban J connectivity index is 1.61. The highest BCUT2D eigenvalue weighted by Gasteiger charge is 2.50. The minimum atomic E-state index is -0.389. The van der Waals surface area contributed by atoms with Crippen LogP contribution in [0.1, 0.15) is 55.3 Å². The Morgan fingerprint density at radius 2 is 2.09 bits per heavy atom. The van der Waals surface area contributed by atoms with Crippen LogP contribution in [0, 0.1) is 17.8 Å². The van der Waals surface area contributed by atoms with E-state index in [1.807, 2.05) is 23.3 Å². The van der Waals surface area contributed by atoms with Crippen molar-refractivity contribution in [1.82, 2.24) is 4.90 Å². The van der Waals surface area contributed by atoms with Crippen LogP contribution < -0.4 is 0 Å². The molecule has 5 heteroatoms. The van der Waals surface area contributed by atoms with Gasteiger partial charge in [0, 0.05) is 12.6 Å². The van der Waals surface area contributed by atoms with E-state index in [0.29, 0.717) is 10.9 Å². The molecule has 2 atom stereocenters. The van der Waals surface area contributed by atoms with Crippen molar-refractivity contribution < 1.29 is 14.3 Å². The van der Waals surface area contributed by atoms with Gasteiger partial charge < -0.3 is 9.64 Å². The monoisotopic (exact) mass is 335 g/mol. The number of rotatable bonds is 3. The molecule has 1 saturated heterocycles. The second-order valence-electron chi connectivity index (χ2n) is 8.24. The first kappa shape index (κ1) is 16.5. The molecular weight excluding hydrogens is 310 g/mol. The summed E-state index contributed by atoms with van der Waals surface area (Å²) in [6.45, 7) is 9.35. The van der Waals surface area contributed by atoms with Crippen molar-refractivity contribution in [2.45, 2.75) is 53.0 Å². The van der Waals surface area contributed by atoms with Crippen molar-refractivity contribution >= 4 is 23.2 Å². The number of nitrogens with zero attached hydrogens (tertiary/aromatic N) is 1. The van der Waals surface area contributed by atoms with E-state index in [9.17, 15) is 9.59 Å². The molecule has 0 spiro atoms. The average molecular weight is 335 g/mol. The summed E-state index contributed by atoms with van der Waals surface area (Å²) in [6, 6.07) is 2.17. The van der Waals surface area contributed by atoms with Gasteiger partial charge in [0.2, 0.25) is 0 Å². The van der Waals surface area contributed by atoms with Gasteiger partial charge in [-0.1, -0.05) is 20.8 Å². The van der Waals surface area contributed by atoms with E-state index in [0.717, 1.165) is 31.4 Å². The smallest absolute Gasteiger partial charge is 0.349 e. The van der Waals surface area contributed by atoms with Crippen LogP contribution >= 0.6 is 11.3 Å². The third kappa shape index (κ3) is 3.30. The van der Waals surface area contributed by atoms with Gasteiger partial charge in [-0.25, -0.2) is 4.79 Å². The normalized spacial score (nSPS) is 28.7. The molecule has 2 heterocycles. The Labute approximate surface area is 141 Å². The Kier molecular flexibility index (Phi) is 4.03. The fraction of sp³-hybridized carbons (Fsp3) is 0.667. The number of likely N-dealkylation sites (tertiary alicyclic amines) is 1. The lowest BCUT2D eigenvalue weighted by Crippen LogP contribution is -2.39. The Morgan fingerprint density at radius 3 is 2.74 bits per heavy atom. The lowest BCUT2D eigenvalue weighted by molar-refractivity contribution is -0.135. The summed E-state index contributed by atoms with van der Waals surface area (Å²) in [5, 5.41) is 1.86. The van der Waals surface area contributed by atoms with Crippen molar-refractivity contribution in [3.63, 3.8) is 0 Å². The molecule has 1 aliphatic heterocycles. The predicted molar refractivity (Wildman–Crippen MR) is 90.6 cm³/mol. The summed E-state index contributed by atoms with van der Waals surface area (Å²) in [7, 11) is 0. The number of thiophene rings is 1. The first-order valence-corrected chi connectivity index (χ1v) is 9.08. The van der Waals surface area contributed by atoms with Gasteiger partial charge in [0.25, 0.3) is 5.91 Å². The van der Waals surface area contributed by atoms with E-state index in [1.54, 1.807) is 0 Å². The van der Waals surface area contributed by atoms with Gasteiger partial charge in [-0.05, 0) is 54.0 Å². The second-order valence-corrected chi connectivity index (χ2v) is 9.16. The molecular formula is C18H25NO3S. The molecule has 23 heavy (non-hydrogen) atoms. The fourth-order valence-electron chi connectivity index (χ4n) is 4.61. The van der Waals surface area contributed by atoms with E-state index in [2.05, 4.69) is 20.8 Å². The van der Waals surface area contributed by atoms with Gasteiger partial charge in [0.05, 0.1) is 0 Å². The first-order chi connectivity index (χ1) is 10.7. The van der Waals surface area contributed by atoms with Crippen LogP contribution in [-0.4, -0.2) is 36.0 Å². The molecule has 1 amide bonds. The number of esters is 1. The SMILES string of the molecule is Cc1ccsc1C(=O)OCC(=O)N1C[C@]2(C)C[C@H]1CC(C)(C)C2. The molecule has 0 N–H and O–H groups in total. The van der Waals surface area contributed by atoms with Gasteiger partial charge in [0.15, 0.2) is 6.61 Å². The van der Waals surface area contributed by atoms with Gasteiger partial charge >= 0.3 is 5.97 Å². The standard InChI is InChI=1S/C18H25NO3S/c1-12-5-6-23-15(12)16(21)22-9-14(20)19-11-18(4)8-13(19)7-17(2,3)10-18/h5-6,13H,7-11H2,1-4H3/t13-,18-/m1/s1. The summed E-state index contributed by atoms with van der Waals surface area (Å²) >= 11 is 1.36. The average Bonchev–Trinajstić information content (AvgIpc) is 2.95. The van der Waals surface area contributed by atoms with Gasteiger partial charge in [-0.15, -0.1) is 11.3 Å². The number of carbonyl (C=O) groups excluding carboxylic acids is 2. The zero-order valence-corrected chi connectivity index (χ0v) is 15.2. The molecule has 1 aromatic heterocycles. The molecule has 1 aliphatic carbocycles. The van der Waals surface area contributed by atoms with Crippen molar-refractivity contribution in [3.8, 4) is 0 Å². The minimum absolute atomic E-state index is 0.0565. The molecule has 4 nitrogen and oxygen atoms in total. The van der Waals surface area contributed by atoms with Crippen LogP contribution in [0.3, 0.4) is 0 Å². The van der Waals surface area contributed by atoms with Gasteiger partial charge in [-0.2, -0.15) is 0 Å². The number of ether oxygens (including phenoxy) is 1. The summed E-state index contributed by atoms with van der Waals surface area (Å²) in [5.41, 5.74) is 1.38. The fourth-order valence-corrected chi connectivity index (χ4v) is 5.43. The Bertz CT molecular complexity index is 636. The van der Waals surface area contributed by atoms with Crippen LogP contribution in [0.25, 0.3) is 0 Å². The Hall–Kier alpha value is -1.36. The molecule has 2 aliphatic rings. The molecule has 1 saturated carbocycles. The van der Waals surface area contributed by atoms with Crippen molar-refractivity contribution in [2.75, 3.05) is 13.2 Å². The molecule has 126 valence electrons. The minimum Gasteiger partial charge on any atom is -0.451 e. The van der Waals surface area contributed by atoms with Crippen LogP contribution in [-0.2, 0) is 9.53 Å². The highest BCUT2D eigenvalue weighted by atomic mass is 32.1. The van der Waals surface area contributed by atoms with E-state index in [-0.39, 0.29) is 29.3 Å². The van der Waals surface area contributed by atoms with E-state index < -0.39 is 0 Å². The van der Waals surface area contributed by atoms with Crippen molar-refractivity contribution in [1.29, 1.82) is 0 Å². The topological polar surface area (TPSA) is 46.6 Å². The van der Waals surface area contributed by atoms with Crippen LogP contribution in [0.5, 0.6) is 0 Å². The molecule has 1 aromatic rings. The molecule has 0 unspecified atom stereocenters. The maximum atomic E-state index is 12.6. The van der Waals surface area contributed by atoms with E-state index >= 15 is 0 Å². The maximum Gasteiger partial charge on any atom is 0.349 e. The molecule has 2 fully saturated rings. The number of hydrogen-bond acceptors (Lipinski definition) is 4. The van der Waals surface area contributed by atoms with Crippen LogP contribution in [0.2, 0.25) is 0 Å². The highest BCUT2D eigenvalue weighted by molar-refractivity contribution is 7.12. The number of fused-ring (bicyclic) bond motifs is 2. The number of hydrogen-bond donors (Lipinski definition) is 0. The third-order valence-corrected chi connectivity index (χ3v) is 6.11. The summed E-state index contributed by atoms with van der Waals surface area (Å²) < 4.78 is 5.26. The van der Waals surface area contributed by atoms with Crippen LogP contribution in [0.4, 0.5) is 0 Å². The lowest BCUT2D eigenvalue weighted by atomic mass is 9.65. The second kappa shape index (κ2) is 5.62. The van der Waals surface area contributed by atoms with Gasteiger partial charge in [0.1, 0.15) is 4.88 Å². The summed E-state index contributed by atoms with van der Waals surface area (Å²) in [4.78, 5) is 27.1. The molecule has 2 bridgehead atoms. The number of carbonyl (C=O) groups is 2. The quantitative estimate of drug-likeness (QED) is 0.792. The highest BCUT2D eigenvalue weighted by Crippen LogP contribution is 2.52. The first-order valence-electron chi connectivity index (χ1n) is 8.20. The van der Waals surface area contributed by atoms with Crippen molar-refractivity contribution in [2.24, 2.45) is 10.8 Å². The predicted octanol–water partition coefficient (Wildman–Crippen LogP) is 3.64. The lowest BCUT2D eigenvalue weighted by Gasteiger charge is -2.39. The Morgan fingerprint density at radius 1 is 1.35 bits per heavy atom. The molecule has 0 radical (unpaired) electrons. The number of amides is 1. The van der Waals surface area contributed by atoms with E-state index in [4.69, 9.17) is 4.74 Å². The number of aryl methyl sites for hydroxylation is 1. The van der Waals surface area contributed by atoms with E-state index in [1.165, 1.54) is 11.3 Å².